The largest absolute Gasteiger partial charge is 0.308 e. The van der Waals surface area contributed by atoms with Crippen LogP contribution < -0.4 is 5.32 Å². The number of anilines is 1. The van der Waals surface area contributed by atoms with E-state index in [-0.39, 0.29) is 5.91 Å². The van der Waals surface area contributed by atoms with Crippen molar-refractivity contribution in [2.75, 3.05) is 11.1 Å². The van der Waals surface area contributed by atoms with Gasteiger partial charge in [-0.15, -0.1) is 11.8 Å². The molecule has 0 atom stereocenters. The molecule has 3 aromatic rings. The molecule has 6 heteroatoms. The first kappa shape index (κ1) is 16.3. The van der Waals surface area contributed by atoms with Crippen LogP contribution in [-0.4, -0.2) is 26.4 Å². The van der Waals surface area contributed by atoms with Crippen LogP contribution in [0.3, 0.4) is 0 Å². The maximum absolute atomic E-state index is 12.0. The summed E-state index contributed by atoms with van der Waals surface area (Å²) in [5.41, 5.74) is 1.21. The molecule has 0 fully saturated rings. The van der Waals surface area contributed by atoms with Crippen molar-refractivity contribution >= 4 is 23.5 Å². The molecule has 1 aromatic carbocycles. The lowest BCUT2D eigenvalue weighted by Gasteiger charge is -2.03. The van der Waals surface area contributed by atoms with E-state index >= 15 is 0 Å². The number of nitrogens with zero attached hydrogens (tertiary/aromatic N) is 3. The van der Waals surface area contributed by atoms with Crippen molar-refractivity contribution in [2.45, 2.75) is 17.9 Å². The third-order valence-corrected chi connectivity index (χ3v) is 4.41. The molecule has 122 valence electrons. The lowest BCUT2D eigenvalue weighted by molar-refractivity contribution is -0.113. The molecule has 0 aliphatic carbocycles. The summed E-state index contributed by atoms with van der Waals surface area (Å²) in [5, 5.41) is 7.21. The number of hydrogen-bond acceptors (Lipinski definition) is 4. The number of carbonyl (C=O) groups excluding carboxylic acids is 1. The molecule has 0 aliphatic heterocycles. The van der Waals surface area contributed by atoms with Gasteiger partial charge in [-0.3, -0.25) is 14.5 Å². The van der Waals surface area contributed by atoms with E-state index in [0.717, 1.165) is 17.9 Å². The van der Waals surface area contributed by atoms with E-state index in [2.05, 4.69) is 15.4 Å². The van der Waals surface area contributed by atoms with Gasteiger partial charge in [0.2, 0.25) is 5.91 Å². The van der Waals surface area contributed by atoms with Crippen LogP contribution in [0.15, 0.2) is 72.0 Å². The lowest BCUT2D eigenvalue weighted by atomic mass is 10.2. The van der Waals surface area contributed by atoms with Gasteiger partial charge in [0.25, 0.3) is 0 Å². The van der Waals surface area contributed by atoms with E-state index in [1.54, 1.807) is 12.4 Å². The van der Waals surface area contributed by atoms with E-state index in [4.69, 9.17) is 0 Å². The van der Waals surface area contributed by atoms with E-state index in [9.17, 15) is 4.79 Å². The lowest BCUT2D eigenvalue weighted by Crippen LogP contribution is -2.14. The quantitative estimate of drug-likeness (QED) is 0.672. The number of amides is 1. The number of rotatable bonds is 7. The maximum Gasteiger partial charge on any atom is 0.235 e. The van der Waals surface area contributed by atoms with Crippen LogP contribution in [0.25, 0.3) is 0 Å². The van der Waals surface area contributed by atoms with Gasteiger partial charge in [-0.1, -0.05) is 18.2 Å². The summed E-state index contributed by atoms with van der Waals surface area (Å²) >= 11 is 1.51. The predicted molar refractivity (Wildman–Crippen MR) is 96.0 cm³/mol. The zero-order valence-corrected chi connectivity index (χ0v) is 13.9. The van der Waals surface area contributed by atoms with E-state index in [1.165, 1.54) is 17.3 Å². The van der Waals surface area contributed by atoms with Gasteiger partial charge in [0, 0.05) is 36.1 Å². The summed E-state index contributed by atoms with van der Waals surface area (Å²) in [6.07, 6.45) is 6.32. The normalized spacial score (nSPS) is 10.5. The third kappa shape index (κ3) is 4.96. The Labute approximate surface area is 145 Å². The molecular weight excluding hydrogens is 320 g/mol. The predicted octanol–water partition coefficient (Wildman–Crippen LogP) is 3.25. The minimum Gasteiger partial charge on any atom is -0.308 e. The van der Waals surface area contributed by atoms with Crippen molar-refractivity contribution < 1.29 is 4.79 Å². The number of pyridine rings is 1. The van der Waals surface area contributed by atoms with Crippen LogP contribution in [0.1, 0.15) is 5.56 Å². The minimum absolute atomic E-state index is 0.0526. The van der Waals surface area contributed by atoms with E-state index in [1.807, 2.05) is 59.4 Å². The standard InChI is InChI=1S/C18H18N4OS/c23-18(14-24-16-4-2-1-3-5-16)20-17-9-13-22(21-17)12-8-15-6-10-19-11-7-15/h1-7,9-11,13H,8,12,14H2,(H,20,21,23). The summed E-state index contributed by atoms with van der Waals surface area (Å²) in [5.74, 6) is 0.903. The Morgan fingerprint density at radius 3 is 2.67 bits per heavy atom. The van der Waals surface area contributed by atoms with Crippen molar-refractivity contribution in [2.24, 2.45) is 0 Å². The van der Waals surface area contributed by atoms with Crippen molar-refractivity contribution in [3.8, 4) is 0 Å². The molecule has 0 spiro atoms. The monoisotopic (exact) mass is 338 g/mol. The van der Waals surface area contributed by atoms with Gasteiger partial charge in [0.05, 0.1) is 5.75 Å². The summed E-state index contributed by atoms with van der Waals surface area (Å²) in [6.45, 7) is 0.763. The molecule has 0 saturated carbocycles. The number of aromatic nitrogens is 3. The third-order valence-electron chi connectivity index (χ3n) is 3.40. The molecule has 24 heavy (non-hydrogen) atoms. The van der Waals surface area contributed by atoms with Gasteiger partial charge in [-0.25, -0.2) is 0 Å². The topological polar surface area (TPSA) is 59.8 Å². The summed E-state index contributed by atoms with van der Waals surface area (Å²) < 4.78 is 1.83. The molecule has 0 bridgehead atoms. The van der Waals surface area contributed by atoms with Gasteiger partial charge < -0.3 is 5.32 Å². The zero-order valence-electron chi connectivity index (χ0n) is 13.1. The molecule has 0 radical (unpaired) electrons. The van der Waals surface area contributed by atoms with E-state index in [0.29, 0.717) is 11.6 Å². The Hall–Kier alpha value is -2.60. The first-order valence-corrected chi connectivity index (χ1v) is 8.68. The Kier molecular flexibility index (Phi) is 5.63. The van der Waals surface area contributed by atoms with Crippen LogP contribution in [0.5, 0.6) is 0 Å². The van der Waals surface area contributed by atoms with E-state index < -0.39 is 0 Å². The molecule has 1 N–H and O–H groups in total. The Morgan fingerprint density at radius 2 is 1.88 bits per heavy atom. The van der Waals surface area contributed by atoms with Gasteiger partial charge in [0.1, 0.15) is 0 Å². The summed E-state index contributed by atoms with van der Waals surface area (Å²) in [6, 6.07) is 15.7. The second-order valence-electron chi connectivity index (χ2n) is 5.22. The summed E-state index contributed by atoms with van der Waals surface area (Å²) in [4.78, 5) is 17.1. The van der Waals surface area contributed by atoms with Crippen LogP contribution in [0.4, 0.5) is 5.82 Å². The highest BCUT2D eigenvalue weighted by Crippen LogP contribution is 2.17. The second kappa shape index (κ2) is 8.31. The van der Waals surface area contributed by atoms with Crippen molar-refractivity contribution in [3.63, 3.8) is 0 Å². The fourth-order valence-corrected chi connectivity index (χ4v) is 2.91. The Balaban J connectivity index is 1.46. The van der Waals surface area contributed by atoms with Gasteiger partial charge in [0.15, 0.2) is 5.82 Å². The molecule has 2 heterocycles. The number of thioether (sulfide) groups is 1. The second-order valence-corrected chi connectivity index (χ2v) is 6.27. The van der Waals surface area contributed by atoms with Gasteiger partial charge >= 0.3 is 0 Å². The molecule has 0 saturated heterocycles. The highest BCUT2D eigenvalue weighted by molar-refractivity contribution is 8.00. The number of nitrogens with one attached hydrogen (secondary N) is 1. The van der Waals surface area contributed by atoms with Crippen LogP contribution >= 0.6 is 11.8 Å². The first-order chi connectivity index (χ1) is 11.8. The number of benzene rings is 1. The fraction of sp³-hybridized carbons (Fsp3) is 0.167. The van der Waals surface area contributed by atoms with Crippen molar-refractivity contribution in [1.82, 2.24) is 14.8 Å². The molecule has 1 amide bonds. The smallest absolute Gasteiger partial charge is 0.235 e. The van der Waals surface area contributed by atoms with Gasteiger partial charge in [-0.2, -0.15) is 5.10 Å². The minimum atomic E-state index is -0.0526. The van der Waals surface area contributed by atoms with Crippen molar-refractivity contribution in [3.05, 3.63) is 72.7 Å². The average Bonchev–Trinajstić information content (AvgIpc) is 3.07. The fourth-order valence-electron chi connectivity index (χ4n) is 2.19. The molecule has 2 aromatic heterocycles. The van der Waals surface area contributed by atoms with Gasteiger partial charge in [-0.05, 0) is 36.2 Å². The highest BCUT2D eigenvalue weighted by atomic mass is 32.2. The summed E-state index contributed by atoms with van der Waals surface area (Å²) in [7, 11) is 0. The van der Waals surface area contributed by atoms with Crippen LogP contribution in [0, 0.1) is 0 Å². The maximum atomic E-state index is 12.0. The average molecular weight is 338 g/mol. The molecule has 0 unspecified atom stereocenters. The molecule has 0 aliphatic rings. The Bertz CT molecular complexity index is 774. The molecule has 3 rings (SSSR count). The van der Waals surface area contributed by atoms with Crippen LogP contribution in [-0.2, 0) is 17.8 Å². The number of aryl methyl sites for hydroxylation is 2. The zero-order chi connectivity index (χ0) is 16.6. The Morgan fingerprint density at radius 1 is 1.08 bits per heavy atom. The number of carbonyl (C=O) groups is 1. The molecule has 5 nitrogen and oxygen atoms in total. The highest BCUT2D eigenvalue weighted by Gasteiger charge is 2.06. The first-order valence-electron chi connectivity index (χ1n) is 7.70. The number of hydrogen-bond donors (Lipinski definition) is 1. The van der Waals surface area contributed by atoms with Crippen LogP contribution in [0.2, 0.25) is 0 Å². The van der Waals surface area contributed by atoms with Crippen molar-refractivity contribution in [1.29, 1.82) is 0 Å². The molecular formula is C18H18N4OS. The SMILES string of the molecule is O=C(CSc1ccccc1)Nc1ccn(CCc2ccncc2)n1.